The van der Waals surface area contributed by atoms with Gasteiger partial charge >= 0.3 is 5.97 Å². The molecule has 0 radical (unpaired) electrons. The van der Waals surface area contributed by atoms with E-state index in [0.29, 0.717) is 54.1 Å². The molecule has 0 fully saturated rings. The lowest BCUT2D eigenvalue weighted by Crippen LogP contribution is -2.15. The van der Waals surface area contributed by atoms with Gasteiger partial charge in [0.25, 0.3) is 0 Å². The van der Waals surface area contributed by atoms with Crippen molar-refractivity contribution in [3.8, 4) is 34.5 Å². The Kier molecular flexibility index (Phi) is 15.1. The monoisotopic (exact) mass is 708 g/mol. The van der Waals surface area contributed by atoms with Gasteiger partial charge in [-0.05, 0) is 78.9 Å². The summed E-state index contributed by atoms with van der Waals surface area (Å²) in [4.78, 5) is 21.1. The fraction of sp³-hybridized carbons (Fsp3) is 0.310. The molecule has 0 aliphatic heterocycles. The van der Waals surface area contributed by atoms with Crippen LogP contribution < -0.4 is 28.4 Å². The highest BCUT2D eigenvalue weighted by Crippen LogP contribution is 2.40. The standard InChI is InChI=1S/C42H48N2O8/c1-8-29(2)42(45)52-26-10-9-25-51-37-24-18-33(39(48-5)41(37)50-7)28-44-35-21-15-31(16-22-35)12-11-30-13-19-34(20-14-30)43-27-32-17-23-36(46-3)40(49-6)38(32)47-4/h11-24,27-29H,8-10,25-26H2,1-7H3/b12-11+,43-27?,44-28?. The van der Waals surface area contributed by atoms with Crippen molar-refractivity contribution in [3.63, 3.8) is 0 Å². The number of ether oxygens (including phenoxy) is 7. The van der Waals surface area contributed by atoms with E-state index in [0.717, 1.165) is 46.5 Å². The van der Waals surface area contributed by atoms with Crippen LogP contribution in [0.15, 0.2) is 82.8 Å². The molecule has 10 nitrogen and oxygen atoms in total. The summed E-state index contributed by atoms with van der Waals surface area (Å²) in [5, 5.41) is 0. The number of hydrogen-bond acceptors (Lipinski definition) is 10. The second kappa shape index (κ2) is 20.2. The highest BCUT2D eigenvalue weighted by Gasteiger charge is 2.17. The average Bonchev–Trinajstić information content (AvgIpc) is 3.19. The van der Waals surface area contributed by atoms with Gasteiger partial charge in [-0.1, -0.05) is 50.3 Å². The molecule has 1 unspecified atom stereocenters. The van der Waals surface area contributed by atoms with Crippen LogP contribution in [0.1, 0.15) is 55.4 Å². The lowest BCUT2D eigenvalue weighted by atomic mass is 10.1. The van der Waals surface area contributed by atoms with Gasteiger partial charge in [0, 0.05) is 23.6 Å². The number of aliphatic imine (C=N–C) groups is 2. The SMILES string of the molecule is CCC(C)C(=O)OCCCCOc1ccc(C=Nc2ccc(/C=C/c3ccc(N=Cc4ccc(OC)c(OC)c4OC)cc3)cc2)c(OC)c1OC. The summed E-state index contributed by atoms with van der Waals surface area (Å²) in [5.41, 5.74) is 5.21. The van der Waals surface area contributed by atoms with Crippen LogP contribution in [-0.4, -0.2) is 67.2 Å². The summed E-state index contributed by atoms with van der Waals surface area (Å²) in [6.07, 6.45) is 9.79. The second-order valence-corrected chi connectivity index (χ2v) is 11.7. The summed E-state index contributed by atoms with van der Waals surface area (Å²) < 4.78 is 39.0. The van der Waals surface area contributed by atoms with Crippen molar-refractivity contribution >= 4 is 41.9 Å². The Hall–Kier alpha value is -5.77. The molecule has 0 saturated heterocycles. The Morgan fingerprint density at radius 3 is 1.52 bits per heavy atom. The van der Waals surface area contributed by atoms with Gasteiger partial charge in [0.2, 0.25) is 11.5 Å². The third kappa shape index (κ3) is 10.6. The van der Waals surface area contributed by atoms with Gasteiger partial charge in [-0.3, -0.25) is 14.8 Å². The number of nitrogens with zero attached hydrogens (tertiary/aromatic N) is 2. The first-order chi connectivity index (χ1) is 25.3. The lowest BCUT2D eigenvalue weighted by Gasteiger charge is -2.15. The minimum absolute atomic E-state index is 0.0791. The molecule has 0 amide bonds. The zero-order chi connectivity index (χ0) is 37.3. The van der Waals surface area contributed by atoms with Crippen LogP contribution in [0.5, 0.6) is 34.5 Å². The molecule has 4 aromatic carbocycles. The first-order valence-corrected chi connectivity index (χ1v) is 17.1. The summed E-state index contributed by atoms with van der Waals surface area (Å²) >= 11 is 0. The van der Waals surface area contributed by atoms with Gasteiger partial charge < -0.3 is 33.2 Å². The summed E-state index contributed by atoms with van der Waals surface area (Å²) in [7, 11) is 7.92. The van der Waals surface area contributed by atoms with Crippen molar-refractivity contribution in [1.82, 2.24) is 0 Å². The topological polar surface area (TPSA) is 106 Å². The molecule has 0 spiro atoms. The Morgan fingerprint density at radius 1 is 0.596 bits per heavy atom. The van der Waals surface area contributed by atoms with Crippen molar-refractivity contribution in [3.05, 3.63) is 95.1 Å². The number of unbranched alkanes of at least 4 members (excludes halogenated alkanes) is 1. The van der Waals surface area contributed by atoms with Crippen LogP contribution in [-0.2, 0) is 9.53 Å². The van der Waals surface area contributed by atoms with E-state index >= 15 is 0 Å². The summed E-state index contributed by atoms with van der Waals surface area (Å²) in [5.74, 6) is 3.03. The van der Waals surface area contributed by atoms with Crippen molar-refractivity contribution in [1.29, 1.82) is 0 Å². The normalized spacial score (nSPS) is 11.9. The molecule has 0 heterocycles. The first kappa shape index (κ1) is 39.0. The smallest absolute Gasteiger partial charge is 0.308 e. The van der Waals surface area contributed by atoms with E-state index in [2.05, 4.69) is 9.98 Å². The fourth-order valence-corrected chi connectivity index (χ4v) is 5.10. The third-order valence-corrected chi connectivity index (χ3v) is 8.26. The average molecular weight is 709 g/mol. The van der Waals surface area contributed by atoms with Gasteiger partial charge in [-0.2, -0.15) is 0 Å². The number of hydrogen-bond donors (Lipinski definition) is 0. The zero-order valence-electron chi connectivity index (χ0n) is 31.0. The minimum atomic E-state index is -0.156. The van der Waals surface area contributed by atoms with Crippen molar-refractivity contribution in [2.24, 2.45) is 15.9 Å². The van der Waals surface area contributed by atoms with E-state index in [4.69, 9.17) is 33.2 Å². The molecule has 0 bridgehead atoms. The number of methoxy groups -OCH3 is 5. The fourth-order valence-electron chi connectivity index (χ4n) is 5.10. The first-order valence-electron chi connectivity index (χ1n) is 17.1. The maximum absolute atomic E-state index is 11.8. The highest BCUT2D eigenvalue weighted by atomic mass is 16.5. The maximum atomic E-state index is 11.8. The van der Waals surface area contributed by atoms with Crippen LogP contribution in [0, 0.1) is 5.92 Å². The van der Waals surface area contributed by atoms with Gasteiger partial charge in [0.05, 0.1) is 66.1 Å². The maximum Gasteiger partial charge on any atom is 0.308 e. The Morgan fingerprint density at radius 2 is 1.06 bits per heavy atom. The zero-order valence-corrected chi connectivity index (χ0v) is 31.0. The summed E-state index contributed by atoms with van der Waals surface area (Å²) in [6.45, 7) is 4.67. The molecule has 0 N–H and O–H groups in total. The number of carbonyl (C=O) groups excluding carboxylic acids is 1. The van der Waals surface area contributed by atoms with Crippen LogP contribution in [0.4, 0.5) is 11.4 Å². The molecule has 4 aromatic rings. The van der Waals surface area contributed by atoms with Crippen LogP contribution in [0.3, 0.4) is 0 Å². The largest absolute Gasteiger partial charge is 0.493 e. The number of benzene rings is 4. The molecule has 274 valence electrons. The van der Waals surface area contributed by atoms with Crippen LogP contribution in [0.25, 0.3) is 12.2 Å². The Balaban J connectivity index is 1.33. The highest BCUT2D eigenvalue weighted by molar-refractivity contribution is 5.89. The van der Waals surface area contributed by atoms with Gasteiger partial charge in [-0.25, -0.2) is 0 Å². The van der Waals surface area contributed by atoms with E-state index in [1.165, 1.54) is 0 Å². The van der Waals surface area contributed by atoms with Crippen molar-refractivity contribution in [2.45, 2.75) is 33.1 Å². The molecule has 0 saturated carbocycles. The molecule has 1 atom stereocenters. The third-order valence-electron chi connectivity index (χ3n) is 8.26. The van der Waals surface area contributed by atoms with Crippen LogP contribution in [0.2, 0.25) is 0 Å². The second-order valence-electron chi connectivity index (χ2n) is 11.7. The quantitative estimate of drug-likeness (QED) is 0.0411. The van der Waals surface area contributed by atoms with E-state index in [1.54, 1.807) is 48.0 Å². The molecule has 0 aromatic heterocycles. The number of carbonyl (C=O) groups is 1. The van der Waals surface area contributed by atoms with Gasteiger partial charge in [0.1, 0.15) is 0 Å². The number of rotatable bonds is 19. The van der Waals surface area contributed by atoms with E-state index in [1.807, 2.05) is 98.8 Å². The minimum Gasteiger partial charge on any atom is -0.493 e. The predicted molar refractivity (Wildman–Crippen MR) is 207 cm³/mol. The Bertz CT molecular complexity index is 1830. The van der Waals surface area contributed by atoms with Crippen molar-refractivity contribution < 1.29 is 38.0 Å². The van der Waals surface area contributed by atoms with E-state index in [9.17, 15) is 4.79 Å². The van der Waals surface area contributed by atoms with Crippen LogP contribution >= 0.6 is 0 Å². The number of esters is 1. The predicted octanol–water partition coefficient (Wildman–Crippen LogP) is 9.15. The molecule has 52 heavy (non-hydrogen) atoms. The molecule has 0 aliphatic rings. The van der Waals surface area contributed by atoms with Crippen molar-refractivity contribution in [2.75, 3.05) is 48.8 Å². The van der Waals surface area contributed by atoms with Gasteiger partial charge in [-0.15, -0.1) is 0 Å². The Labute approximate surface area is 306 Å². The van der Waals surface area contributed by atoms with Gasteiger partial charge in [0.15, 0.2) is 23.0 Å². The summed E-state index contributed by atoms with van der Waals surface area (Å²) in [6, 6.07) is 23.3. The lowest BCUT2D eigenvalue weighted by molar-refractivity contribution is -0.148. The molecule has 10 heteroatoms. The van der Waals surface area contributed by atoms with E-state index in [-0.39, 0.29) is 11.9 Å². The molecular formula is C42H48N2O8. The molecule has 0 aliphatic carbocycles. The molecule has 4 rings (SSSR count). The molecular weight excluding hydrogens is 660 g/mol. The van der Waals surface area contributed by atoms with E-state index < -0.39 is 0 Å².